The zero-order chi connectivity index (χ0) is 21.3. The van der Waals surface area contributed by atoms with Gasteiger partial charge in [0.15, 0.2) is 5.65 Å². The van der Waals surface area contributed by atoms with Gasteiger partial charge in [0.25, 0.3) is 5.91 Å². The number of fused-ring (bicyclic) bond motifs is 1. The Kier molecular flexibility index (Phi) is 5.42. The highest BCUT2D eigenvalue weighted by Gasteiger charge is 2.20. The predicted octanol–water partition coefficient (Wildman–Crippen LogP) is 4.91. The highest BCUT2D eigenvalue weighted by molar-refractivity contribution is 6.31. The van der Waals surface area contributed by atoms with Gasteiger partial charge in [-0.2, -0.15) is 5.10 Å². The van der Waals surface area contributed by atoms with Crippen molar-refractivity contribution in [3.63, 3.8) is 0 Å². The molecule has 0 aliphatic rings. The van der Waals surface area contributed by atoms with Crippen LogP contribution in [0.5, 0.6) is 0 Å². The van der Waals surface area contributed by atoms with Crippen LogP contribution in [0, 0.1) is 13.8 Å². The van der Waals surface area contributed by atoms with E-state index >= 15 is 0 Å². The third kappa shape index (κ3) is 3.86. The minimum absolute atomic E-state index is 0.234. The SMILES string of the molecule is Cc1ccc(Nc2c(C(=O)NCc3ccccc3Cl)cnc3c2c(C)nn3C)cc1. The van der Waals surface area contributed by atoms with Gasteiger partial charge in [0.05, 0.1) is 22.3 Å². The van der Waals surface area contributed by atoms with Gasteiger partial charge in [-0.1, -0.05) is 47.5 Å². The molecular formula is C23H22ClN5O. The molecule has 2 heterocycles. The molecule has 0 aliphatic heterocycles. The van der Waals surface area contributed by atoms with E-state index in [2.05, 4.69) is 20.7 Å². The summed E-state index contributed by atoms with van der Waals surface area (Å²) >= 11 is 6.22. The number of rotatable bonds is 5. The number of pyridine rings is 1. The van der Waals surface area contributed by atoms with E-state index in [-0.39, 0.29) is 5.91 Å². The molecule has 0 radical (unpaired) electrons. The van der Waals surface area contributed by atoms with Crippen LogP contribution in [0.1, 0.15) is 27.2 Å². The zero-order valence-corrected chi connectivity index (χ0v) is 17.8. The van der Waals surface area contributed by atoms with Crippen molar-refractivity contribution in [1.82, 2.24) is 20.1 Å². The lowest BCUT2D eigenvalue weighted by Gasteiger charge is -2.14. The number of anilines is 2. The van der Waals surface area contributed by atoms with Gasteiger partial charge in [0.2, 0.25) is 0 Å². The number of carbonyl (C=O) groups is 1. The topological polar surface area (TPSA) is 71.8 Å². The van der Waals surface area contributed by atoms with Gasteiger partial charge < -0.3 is 10.6 Å². The van der Waals surface area contributed by atoms with Crippen LogP contribution in [-0.4, -0.2) is 20.7 Å². The van der Waals surface area contributed by atoms with E-state index < -0.39 is 0 Å². The Balaban J connectivity index is 1.73. The van der Waals surface area contributed by atoms with Crippen LogP contribution in [-0.2, 0) is 13.6 Å². The normalized spacial score (nSPS) is 10.9. The lowest BCUT2D eigenvalue weighted by Crippen LogP contribution is -2.24. The summed E-state index contributed by atoms with van der Waals surface area (Å²) in [6, 6.07) is 15.5. The second kappa shape index (κ2) is 8.16. The minimum Gasteiger partial charge on any atom is -0.354 e. The Labute approximate surface area is 179 Å². The van der Waals surface area contributed by atoms with Gasteiger partial charge >= 0.3 is 0 Å². The lowest BCUT2D eigenvalue weighted by molar-refractivity contribution is 0.0951. The molecule has 30 heavy (non-hydrogen) atoms. The van der Waals surface area contributed by atoms with Crippen molar-refractivity contribution < 1.29 is 4.79 Å². The number of hydrogen-bond acceptors (Lipinski definition) is 4. The maximum atomic E-state index is 13.1. The first-order valence-electron chi connectivity index (χ1n) is 9.61. The summed E-state index contributed by atoms with van der Waals surface area (Å²) in [7, 11) is 1.84. The minimum atomic E-state index is -0.234. The predicted molar refractivity (Wildman–Crippen MR) is 120 cm³/mol. The van der Waals surface area contributed by atoms with Crippen molar-refractivity contribution in [2.75, 3.05) is 5.32 Å². The average Bonchev–Trinajstić information content (AvgIpc) is 3.03. The second-order valence-corrected chi connectivity index (χ2v) is 7.63. The summed E-state index contributed by atoms with van der Waals surface area (Å²) < 4.78 is 1.72. The van der Waals surface area contributed by atoms with E-state index in [0.717, 1.165) is 27.9 Å². The molecule has 0 spiro atoms. The molecule has 2 aromatic heterocycles. The van der Waals surface area contributed by atoms with Crippen LogP contribution in [0.3, 0.4) is 0 Å². The van der Waals surface area contributed by atoms with Crippen LogP contribution < -0.4 is 10.6 Å². The molecule has 152 valence electrons. The third-order valence-electron chi connectivity index (χ3n) is 4.99. The fourth-order valence-corrected chi connectivity index (χ4v) is 3.61. The Morgan fingerprint density at radius 1 is 1.10 bits per heavy atom. The third-order valence-corrected chi connectivity index (χ3v) is 5.36. The summed E-state index contributed by atoms with van der Waals surface area (Å²) in [6.45, 7) is 4.27. The number of aromatic nitrogens is 3. The molecule has 2 N–H and O–H groups in total. The Bertz CT molecular complexity index is 1230. The van der Waals surface area contributed by atoms with E-state index in [1.807, 2.05) is 63.4 Å². The van der Waals surface area contributed by atoms with Crippen molar-refractivity contribution in [1.29, 1.82) is 0 Å². The quantitative estimate of drug-likeness (QED) is 0.482. The van der Waals surface area contributed by atoms with E-state index in [1.54, 1.807) is 16.9 Å². The van der Waals surface area contributed by atoms with Gasteiger partial charge in [-0.15, -0.1) is 0 Å². The highest BCUT2D eigenvalue weighted by Crippen LogP contribution is 2.31. The number of benzene rings is 2. The molecule has 0 saturated heterocycles. The molecule has 0 fully saturated rings. The number of nitrogens with one attached hydrogen (secondary N) is 2. The van der Waals surface area contributed by atoms with Crippen molar-refractivity contribution in [3.05, 3.63) is 82.1 Å². The van der Waals surface area contributed by atoms with Crippen LogP contribution in [0.2, 0.25) is 5.02 Å². The van der Waals surface area contributed by atoms with Crippen LogP contribution in [0.15, 0.2) is 54.7 Å². The van der Waals surface area contributed by atoms with Crippen LogP contribution >= 0.6 is 11.6 Å². The Morgan fingerprint density at radius 2 is 1.83 bits per heavy atom. The highest BCUT2D eigenvalue weighted by atomic mass is 35.5. The van der Waals surface area contributed by atoms with Gasteiger partial charge in [-0.3, -0.25) is 9.48 Å². The summed E-state index contributed by atoms with van der Waals surface area (Å²) in [6.07, 6.45) is 1.59. The molecule has 6 nitrogen and oxygen atoms in total. The van der Waals surface area contributed by atoms with E-state index in [1.165, 1.54) is 0 Å². The average molecular weight is 420 g/mol. The van der Waals surface area contributed by atoms with Crippen LogP contribution in [0.25, 0.3) is 11.0 Å². The first kappa shape index (κ1) is 19.9. The molecule has 4 aromatic rings. The molecule has 4 rings (SSSR count). The summed E-state index contributed by atoms with van der Waals surface area (Å²) in [5.74, 6) is -0.234. The standard InChI is InChI=1S/C23H22ClN5O/c1-14-8-10-17(11-9-14)27-21-18(13-25-22-20(21)15(2)28-29(22)3)23(30)26-12-16-6-4-5-7-19(16)24/h4-11,13H,12H2,1-3H3,(H,25,27)(H,26,30). The monoisotopic (exact) mass is 419 g/mol. The van der Waals surface area contributed by atoms with Gasteiger partial charge in [0, 0.05) is 30.5 Å². The largest absolute Gasteiger partial charge is 0.354 e. The smallest absolute Gasteiger partial charge is 0.255 e. The fraction of sp³-hybridized carbons (Fsp3) is 0.174. The van der Waals surface area contributed by atoms with Gasteiger partial charge in [-0.05, 0) is 37.6 Å². The molecule has 0 unspecified atom stereocenters. The fourth-order valence-electron chi connectivity index (χ4n) is 3.41. The molecule has 1 amide bonds. The van der Waals surface area contributed by atoms with Crippen molar-refractivity contribution in [3.8, 4) is 0 Å². The lowest BCUT2D eigenvalue weighted by atomic mass is 10.1. The summed E-state index contributed by atoms with van der Waals surface area (Å²) in [5, 5.41) is 12.3. The molecule has 2 aromatic carbocycles. The molecule has 7 heteroatoms. The molecule has 0 saturated carbocycles. The summed E-state index contributed by atoms with van der Waals surface area (Å²) in [4.78, 5) is 17.6. The second-order valence-electron chi connectivity index (χ2n) is 7.22. The van der Waals surface area contributed by atoms with Crippen molar-refractivity contribution in [2.24, 2.45) is 7.05 Å². The maximum Gasteiger partial charge on any atom is 0.255 e. The zero-order valence-electron chi connectivity index (χ0n) is 17.0. The number of aryl methyl sites for hydroxylation is 3. The number of amides is 1. The molecule has 0 bridgehead atoms. The van der Waals surface area contributed by atoms with E-state index in [4.69, 9.17) is 11.6 Å². The van der Waals surface area contributed by atoms with E-state index in [9.17, 15) is 4.79 Å². The molecular weight excluding hydrogens is 398 g/mol. The van der Waals surface area contributed by atoms with Gasteiger partial charge in [-0.25, -0.2) is 4.98 Å². The number of nitrogens with zero attached hydrogens (tertiary/aromatic N) is 3. The first-order valence-corrected chi connectivity index (χ1v) is 9.99. The van der Waals surface area contributed by atoms with Crippen LogP contribution in [0.4, 0.5) is 11.4 Å². The number of halogens is 1. The molecule has 0 atom stereocenters. The van der Waals surface area contributed by atoms with Crippen molar-refractivity contribution in [2.45, 2.75) is 20.4 Å². The Hall–Kier alpha value is -3.38. The maximum absolute atomic E-state index is 13.1. The molecule has 0 aliphatic carbocycles. The van der Waals surface area contributed by atoms with Gasteiger partial charge in [0.1, 0.15) is 0 Å². The Morgan fingerprint density at radius 3 is 2.57 bits per heavy atom. The number of carbonyl (C=O) groups excluding carboxylic acids is 1. The number of hydrogen-bond donors (Lipinski definition) is 2. The first-order chi connectivity index (χ1) is 14.4. The summed E-state index contributed by atoms with van der Waals surface area (Å²) in [5.41, 5.74) is 5.55. The van der Waals surface area contributed by atoms with Crippen molar-refractivity contribution >= 4 is 39.9 Å². The van der Waals surface area contributed by atoms with E-state index in [0.29, 0.717) is 28.5 Å².